The van der Waals surface area contributed by atoms with Crippen molar-refractivity contribution in [1.82, 2.24) is 4.98 Å². The molecule has 158 valence electrons. The van der Waals surface area contributed by atoms with E-state index in [4.69, 9.17) is 21.1 Å². The van der Waals surface area contributed by atoms with Gasteiger partial charge in [-0.25, -0.2) is 0 Å². The summed E-state index contributed by atoms with van der Waals surface area (Å²) in [4.78, 5) is 18.4. The van der Waals surface area contributed by atoms with E-state index in [0.717, 1.165) is 27.2 Å². The predicted octanol–water partition coefficient (Wildman–Crippen LogP) is 5.03. The minimum atomic E-state index is -0.183. The average Bonchev–Trinajstić information content (AvgIpc) is 3.38. The van der Waals surface area contributed by atoms with E-state index in [9.17, 15) is 9.90 Å². The van der Waals surface area contributed by atoms with Crippen LogP contribution in [0.3, 0.4) is 0 Å². The van der Waals surface area contributed by atoms with Gasteiger partial charge in [-0.2, -0.15) is 0 Å². The molecule has 0 saturated carbocycles. The molecule has 1 aromatic heterocycles. The largest absolute Gasteiger partial charge is 0.507 e. The fourth-order valence-electron chi connectivity index (χ4n) is 4.46. The van der Waals surface area contributed by atoms with Crippen LogP contribution < -0.4 is 14.4 Å². The Morgan fingerprint density at radius 1 is 1.13 bits per heavy atom. The van der Waals surface area contributed by atoms with E-state index >= 15 is 0 Å². The molecule has 3 aromatic carbocycles. The number of H-pyrrole nitrogens is 1. The second kappa shape index (κ2) is 7.39. The molecule has 7 heteroatoms. The van der Waals surface area contributed by atoms with E-state index in [1.54, 1.807) is 31.3 Å². The maximum Gasteiger partial charge on any atom is 0.274 e. The Kier molecular flexibility index (Phi) is 4.67. The Balaban J connectivity index is 1.61. The van der Waals surface area contributed by atoms with Crippen molar-refractivity contribution in [3.8, 4) is 17.2 Å². The van der Waals surface area contributed by atoms with Gasteiger partial charge in [-0.3, -0.25) is 4.79 Å². The number of alkyl halides is 1. The van der Waals surface area contributed by atoms with Crippen molar-refractivity contribution in [2.75, 3.05) is 31.5 Å². The molecule has 2 heterocycles. The summed E-state index contributed by atoms with van der Waals surface area (Å²) in [6, 6.07) is 14.8. The Labute approximate surface area is 183 Å². The lowest BCUT2D eigenvalue weighted by molar-refractivity contribution is 0.0984. The van der Waals surface area contributed by atoms with Crippen LogP contribution in [0.1, 0.15) is 22.0 Å². The normalized spacial score (nSPS) is 15.5. The number of methoxy groups -OCH3 is 2. The zero-order valence-corrected chi connectivity index (χ0v) is 17.9. The number of nitrogens with zero attached hydrogens (tertiary/aromatic N) is 1. The predicted molar refractivity (Wildman–Crippen MR) is 122 cm³/mol. The number of phenols is 1. The Morgan fingerprint density at radius 3 is 2.55 bits per heavy atom. The van der Waals surface area contributed by atoms with E-state index in [0.29, 0.717) is 35.3 Å². The highest BCUT2D eigenvalue weighted by molar-refractivity contribution is 6.19. The zero-order chi connectivity index (χ0) is 21.7. The molecule has 31 heavy (non-hydrogen) atoms. The van der Waals surface area contributed by atoms with Crippen LogP contribution in [-0.2, 0) is 0 Å². The number of rotatable bonds is 4. The molecule has 0 fully saturated rings. The lowest BCUT2D eigenvalue weighted by Gasteiger charge is -2.17. The lowest BCUT2D eigenvalue weighted by atomic mass is 9.95. The number of phenolic OH excluding ortho intramolecular Hbond substituents is 1. The smallest absolute Gasteiger partial charge is 0.274 e. The molecular weight excluding hydrogens is 416 g/mol. The average molecular weight is 437 g/mol. The molecule has 0 aliphatic carbocycles. The van der Waals surface area contributed by atoms with Gasteiger partial charge in [0.25, 0.3) is 5.91 Å². The van der Waals surface area contributed by atoms with Gasteiger partial charge in [0.15, 0.2) is 11.5 Å². The van der Waals surface area contributed by atoms with Crippen molar-refractivity contribution >= 4 is 44.9 Å². The fraction of sp³-hybridized carbons (Fsp3) is 0.208. The Hall–Kier alpha value is -3.38. The number of aromatic nitrogens is 1. The highest BCUT2D eigenvalue weighted by atomic mass is 35.5. The first-order valence-corrected chi connectivity index (χ1v) is 10.5. The third kappa shape index (κ3) is 2.98. The maximum atomic E-state index is 13.5. The number of anilines is 1. The van der Waals surface area contributed by atoms with Gasteiger partial charge in [-0.1, -0.05) is 24.3 Å². The van der Waals surface area contributed by atoms with Crippen molar-refractivity contribution < 1.29 is 19.4 Å². The summed E-state index contributed by atoms with van der Waals surface area (Å²) in [6.45, 7) is 0.452. The van der Waals surface area contributed by atoms with Crippen LogP contribution in [0.4, 0.5) is 5.69 Å². The number of carbonyl (C=O) groups is 1. The molecule has 0 spiro atoms. The maximum absolute atomic E-state index is 13.5. The van der Waals surface area contributed by atoms with Gasteiger partial charge in [0.2, 0.25) is 0 Å². The van der Waals surface area contributed by atoms with Gasteiger partial charge in [-0.15, -0.1) is 11.6 Å². The van der Waals surface area contributed by atoms with Crippen molar-refractivity contribution in [1.29, 1.82) is 0 Å². The first kappa shape index (κ1) is 19.6. The summed E-state index contributed by atoms with van der Waals surface area (Å²) in [5.74, 6) is 1.51. The molecule has 0 bridgehead atoms. The van der Waals surface area contributed by atoms with Crippen LogP contribution in [0.15, 0.2) is 48.5 Å². The van der Waals surface area contributed by atoms with Crippen LogP contribution in [0.25, 0.3) is 21.7 Å². The molecule has 2 N–H and O–H groups in total. The van der Waals surface area contributed by atoms with Crippen molar-refractivity contribution in [2.24, 2.45) is 0 Å². The molecule has 4 aromatic rings. The van der Waals surface area contributed by atoms with E-state index < -0.39 is 0 Å². The highest BCUT2D eigenvalue weighted by Crippen LogP contribution is 2.45. The molecule has 1 aliphatic rings. The summed E-state index contributed by atoms with van der Waals surface area (Å²) in [7, 11) is 3.15. The van der Waals surface area contributed by atoms with Crippen LogP contribution in [0.2, 0.25) is 0 Å². The SMILES string of the molecule is COc1cc2cc(C(=O)N3C[C@@H](CCl)c4c3cc(O)c3ccccc43)[nH]c2cc1OC. The molecule has 0 unspecified atom stereocenters. The standard InChI is InChI=1S/C24H21ClN2O4/c1-30-21-8-13-7-18(26-17(13)9-22(21)31-2)24(29)27-12-14(11-25)23-16-6-4-3-5-15(16)20(28)10-19(23)27/h3-10,14,26,28H,11-12H2,1-2H3/t14-/m1/s1. The Morgan fingerprint density at radius 2 is 1.84 bits per heavy atom. The fourth-order valence-corrected chi connectivity index (χ4v) is 4.72. The molecule has 1 aliphatic heterocycles. The number of fused-ring (bicyclic) bond motifs is 4. The summed E-state index contributed by atoms with van der Waals surface area (Å²) < 4.78 is 10.7. The van der Waals surface area contributed by atoms with E-state index in [2.05, 4.69) is 4.98 Å². The van der Waals surface area contributed by atoms with Crippen molar-refractivity contribution in [3.05, 3.63) is 59.8 Å². The van der Waals surface area contributed by atoms with Crippen LogP contribution in [0.5, 0.6) is 17.2 Å². The van der Waals surface area contributed by atoms with Crippen molar-refractivity contribution in [3.63, 3.8) is 0 Å². The number of amides is 1. The zero-order valence-electron chi connectivity index (χ0n) is 17.1. The number of aromatic amines is 1. The quantitative estimate of drug-likeness (QED) is 0.440. The van der Waals surface area contributed by atoms with E-state index in [1.807, 2.05) is 36.4 Å². The van der Waals surface area contributed by atoms with Gasteiger partial charge in [0.05, 0.1) is 19.9 Å². The number of ether oxygens (including phenoxy) is 2. The monoisotopic (exact) mass is 436 g/mol. The summed E-state index contributed by atoms with van der Waals surface area (Å²) in [6.07, 6.45) is 0. The van der Waals surface area contributed by atoms with E-state index in [1.165, 1.54) is 0 Å². The second-order valence-electron chi connectivity index (χ2n) is 7.62. The summed E-state index contributed by atoms with van der Waals surface area (Å²) in [5, 5.41) is 13.1. The van der Waals surface area contributed by atoms with E-state index in [-0.39, 0.29) is 17.6 Å². The number of nitrogens with one attached hydrogen (secondary N) is 1. The molecule has 1 atom stereocenters. The lowest BCUT2D eigenvalue weighted by Crippen LogP contribution is -2.30. The molecule has 0 saturated heterocycles. The summed E-state index contributed by atoms with van der Waals surface area (Å²) in [5.41, 5.74) is 2.91. The third-order valence-corrected chi connectivity index (χ3v) is 6.30. The van der Waals surface area contributed by atoms with Gasteiger partial charge in [0.1, 0.15) is 11.4 Å². The topological polar surface area (TPSA) is 74.8 Å². The van der Waals surface area contributed by atoms with Crippen molar-refractivity contribution in [2.45, 2.75) is 5.92 Å². The van der Waals surface area contributed by atoms with Crippen LogP contribution >= 0.6 is 11.6 Å². The number of benzene rings is 3. The molecule has 5 rings (SSSR count). The number of carbonyl (C=O) groups excluding carboxylic acids is 1. The van der Waals surface area contributed by atoms with Gasteiger partial charge >= 0.3 is 0 Å². The van der Waals surface area contributed by atoms with Crippen LogP contribution in [-0.4, -0.2) is 42.6 Å². The highest BCUT2D eigenvalue weighted by Gasteiger charge is 2.35. The van der Waals surface area contributed by atoms with Crippen LogP contribution in [0, 0.1) is 0 Å². The first-order valence-electron chi connectivity index (χ1n) is 9.93. The molecular formula is C24H21ClN2O4. The Bertz CT molecular complexity index is 1290. The third-order valence-electron chi connectivity index (χ3n) is 5.93. The van der Waals surface area contributed by atoms with Gasteiger partial charge in [-0.05, 0) is 23.1 Å². The van der Waals surface area contributed by atoms with Gasteiger partial charge in [0, 0.05) is 46.8 Å². The molecule has 0 radical (unpaired) electrons. The minimum Gasteiger partial charge on any atom is -0.507 e. The molecule has 1 amide bonds. The summed E-state index contributed by atoms with van der Waals surface area (Å²) >= 11 is 6.29. The first-order chi connectivity index (χ1) is 15.0. The minimum absolute atomic E-state index is 0.0179. The number of halogens is 1. The number of hydrogen-bond donors (Lipinski definition) is 2. The number of hydrogen-bond acceptors (Lipinski definition) is 4. The number of aromatic hydroxyl groups is 1. The second-order valence-corrected chi connectivity index (χ2v) is 7.93. The molecule has 6 nitrogen and oxygen atoms in total. The van der Waals surface area contributed by atoms with Gasteiger partial charge < -0.3 is 24.5 Å².